The maximum atomic E-state index is 10.2. The molecule has 1 aromatic rings. The van der Waals surface area contributed by atoms with E-state index in [-0.39, 0.29) is 6.35 Å². The van der Waals surface area contributed by atoms with Crippen molar-refractivity contribution in [3.05, 3.63) is 35.9 Å². The number of hydrogen-bond acceptors (Lipinski definition) is 2. The number of aliphatic hydroxyl groups excluding tert-OH is 1. The van der Waals surface area contributed by atoms with Crippen LogP contribution in [-0.2, 0) is 0 Å². The largest absolute Gasteiger partial charge is 0.478 e. The Balaban J connectivity index is 0.000000354. The van der Waals surface area contributed by atoms with Crippen molar-refractivity contribution in [3.8, 4) is 0 Å². The van der Waals surface area contributed by atoms with Crippen LogP contribution in [0, 0.1) is 0 Å². The van der Waals surface area contributed by atoms with Crippen LogP contribution in [-0.4, -0.2) is 22.5 Å². The second-order valence-electron chi connectivity index (χ2n) is 1.85. The minimum atomic E-state index is -0.879. The van der Waals surface area contributed by atoms with Crippen LogP contribution in [0.15, 0.2) is 30.3 Å². The van der Waals surface area contributed by atoms with Gasteiger partial charge in [-0.05, 0) is 12.1 Å². The number of carboxylic acids is 1. The molecule has 0 amide bonds. The van der Waals surface area contributed by atoms with Gasteiger partial charge in [-0.2, -0.15) is 0 Å². The maximum Gasteiger partial charge on any atom is 0.335 e. The van der Waals surface area contributed by atoms with E-state index < -0.39 is 5.97 Å². The summed E-state index contributed by atoms with van der Waals surface area (Å²) in [7, 11) is 2.13. The van der Waals surface area contributed by atoms with Crippen LogP contribution in [0.3, 0.4) is 0 Å². The Bertz CT molecular complexity index is 223. The highest BCUT2D eigenvalue weighted by Crippen LogP contribution is 1.96. The van der Waals surface area contributed by atoms with E-state index in [9.17, 15) is 4.79 Å². The standard InChI is InChI=1S/C7H6O2.CH5OP/c8-7(9)6-4-2-1-3-5-6;2-1-3/h1-5H,(H,8,9);2H,1,3H2. The molecular formula is C8H11O3P. The highest BCUT2D eigenvalue weighted by Gasteiger charge is 1.96. The highest BCUT2D eigenvalue weighted by molar-refractivity contribution is 7.16. The van der Waals surface area contributed by atoms with E-state index in [0.717, 1.165) is 0 Å². The van der Waals surface area contributed by atoms with E-state index in [1.165, 1.54) is 0 Å². The zero-order valence-corrected chi connectivity index (χ0v) is 7.63. The molecular weight excluding hydrogens is 175 g/mol. The fourth-order valence-corrected chi connectivity index (χ4v) is 0.581. The molecule has 66 valence electrons. The first-order valence-electron chi connectivity index (χ1n) is 3.31. The van der Waals surface area contributed by atoms with Gasteiger partial charge in [-0.3, -0.25) is 0 Å². The smallest absolute Gasteiger partial charge is 0.335 e. The third kappa shape index (κ3) is 4.83. The van der Waals surface area contributed by atoms with Crippen LogP contribution >= 0.6 is 9.24 Å². The summed E-state index contributed by atoms with van der Waals surface area (Å²) in [5.74, 6) is -0.879. The van der Waals surface area contributed by atoms with Gasteiger partial charge in [0.05, 0.1) is 11.9 Å². The van der Waals surface area contributed by atoms with Crippen molar-refractivity contribution >= 4 is 15.2 Å². The molecule has 0 aliphatic heterocycles. The van der Waals surface area contributed by atoms with Crippen LogP contribution in [0.25, 0.3) is 0 Å². The summed E-state index contributed by atoms with van der Waals surface area (Å²) in [4.78, 5) is 10.2. The lowest BCUT2D eigenvalue weighted by molar-refractivity contribution is 0.0697. The summed E-state index contributed by atoms with van der Waals surface area (Å²) in [5, 5.41) is 15.9. The van der Waals surface area contributed by atoms with Crippen LogP contribution < -0.4 is 0 Å². The monoisotopic (exact) mass is 186 g/mol. The molecule has 0 fully saturated rings. The van der Waals surface area contributed by atoms with Gasteiger partial charge in [-0.25, -0.2) is 4.79 Å². The molecule has 12 heavy (non-hydrogen) atoms. The van der Waals surface area contributed by atoms with Gasteiger partial charge in [0.1, 0.15) is 0 Å². The van der Waals surface area contributed by atoms with Crippen molar-refractivity contribution in [2.24, 2.45) is 0 Å². The molecule has 0 saturated heterocycles. The minimum absolute atomic E-state index is 0.167. The third-order valence-corrected chi connectivity index (χ3v) is 1.02. The molecule has 1 atom stereocenters. The quantitative estimate of drug-likeness (QED) is 0.648. The molecule has 0 spiro atoms. The van der Waals surface area contributed by atoms with Gasteiger partial charge in [-0.1, -0.05) is 18.2 Å². The van der Waals surface area contributed by atoms with E-state index in [1.807, 2.05) is 0 Å². The summed E-state index contributed by atoms with van der Waals surface area (Å²) in [6, 6.07) is 8.30. The molecule has 0 aliphatic carbocycles. The first-order chi connectivity index (χ1) is 5.72. The fraction of sp³-hybridized carbons (Fsp3) is 0.125. The second-order valence-corrected chi connectivity index (χ2v) is 2.22. The molecule has 0 saturated carbocycles. The van der Waals surface area contributed by atoms with Crippen LogP contribution in [0.2, 0.25) is 0 Å². The molecule has 0 heterocycles. The van der Waals surface area contributed by atoms with Crippen LogP contribution in [0.5, 0.6) is 0 Å². The molecule has 0 aromatic heterocycles. The molecule has 1 rings (SSSR count). The molecule has 4 heteroatoms. The van der Waals surface area contributed by atoms with Gasteiger partial charge in [-0.15, -0.1) is 9.24 Å². The van der Waals surface area contributed by atoms with Gasteiger partial charge in [0.15, 0.2) is 0 Å². The topological polar surface area (TPSA) is 57.5 Å². The predicted octanol–water partition coefficient (Wildman–Crippen LogP) is 1.20. The Hall–Kier alpha value is -0.920. The molecule has 0 radical (unpaired) electrons. The average Bonchev–Trinajstić information content (AvgIpc) is 2.07. The first-order valence-corrected chi connectivity index (χ1v) is 4.13. The number of benzene rings is 1. The Morgan fingerprint density at radius 1 is 1.33 bits per heavy atom. The predicted molar refractivity (Wildman–Crippen MR) is 50.2 cm³/mol. The zero-order valence-electron chi connectivity index (χ0n) is 6.47. The lowest BCUT2D eigenvalue weighted by atomic mass is 10.2. The van der Waals surface area contributed by atoms with Crippen molar-refractivity contribution in [2.75, 3.05) is 6.35 Å². The Kier molecular flexibility index (Phi) is 6.25. The zero-order chi connectivity index (χ0) is 9.40. The van der Waals surface area contributed by atoms with Gasteiger partial charge in [0.2, 0.25) is 0 Å². The van der Waals surface area contributed by atoms with E-state index in [4.69, 9.17) is 10.2 Å². The molecule has 1 unspecified atom stereocenters. The number of aliphatic hydroxyl groups is 1. The number of aromatic carboxylic acids is 1. The average molecular weight is 186 g/mol. The van der Waals surface area contributed by atoms with Gasteiger partial charge >= 0.3 is 5.97 Å². The SMILES string of the molecule is O=C(O)c1ccccc1.OCP. The molecule has 2 N–H and O–H groups in total. The lowest BCUT2D eigenvalue weighted by Gasteiger charge is -1.88. The Morgan fingerprint density at radius 2 is 1.75 bits per heavy atom. The van der Waals surface area contributed by atoms with E-state index >= 15 is 0 Å². The summed E-state index contributed by atoms with van der Waals surface area (Å²) in [5.41, 5.74) is 0.331. The Labute approximate surface area is 73.2 Å². The molecule has 0 aliphatic rings. The van der Waals surface area contributed by atoms with Crippen molar-refractivity contribution in [3.63, 3.8) is 0 Å². The molecule has 3 nitrogen and oxygen atoms in total. The Morgan fingerprint density at radius 3 is 2.00 bits per heavy atom. The second kappa shape index (κ2) is 6.77. The maximum absolute atomic E-state index is 10.2. The number of rotatable bonds is 1. The number of hydrogen-bond donors (Lipinski definition) is 2. The summed E-state index contributed by atoms with van der Waals surface area (Å²) < 4.78 is 0. The summed E-state index contributed by atoms with van der Waals surface area (Å²) in [6.45, 7) is 0. The minimum Gasteiger partial charge on any atom is -0.478 e. The summed E-state index contributed by atoms with van der Waals surface area (Å²) in [6.07, 6.45) is 0.167. The van der Waals surface area contributed by atoms with Crippen LogP contribution in [0.1, 0.15) is 10.4 Å². The van der Waals surface area contributed by atoms with Crippen molar-refractivity contribution in [1.82, 2.24) is 0 Å². The van der Waals surface area contributed by atoms with Crippen molar-refractivity contribution < 1.29 is 15.0 Å². The number of carboxylic acid groups (broad SMARTS) is 1. The number of carbonyl (C=O) groups is 1. The van der Waals surface area contributed by atoms with Crippen molar-refractivity contribution in [1.29, 1.82) is 0 Å². The third-order valence-electron chi connectivity index (χ3n) is 1.02. The molecule has 1 aromatic carbocycles. The van der Waals surface area contributed by atoms with Gasteiger partial charge < -0.3 is 10.2 Å². The molecule has 0 bridgehead atoms. The fourth-order valence-electron chi connectivity index (χ4n) is 0.581. The van der Waals surface area contributed by atoms with Crippen LogP contribution in [0.4, 0.5) is 0 Å². The lowest BCUT2D eigenvalue weighted by Crippen LogP contribution is -1.93. The normalized spacial score (nSPS) is 8.17. The van der Waals surface area contributed by atoms with Gasteiger partial charge in [0.25, 0.3) is 0 Å². The van der Waals surface area contributed by atoms with E-state index in [0.29, 0.717) is 5.56 Å². The highest BCUT2D eigenvalue weighted by atomic mass is 31.0. The van der Waals surface area contributed by atoms with E-state index in [1.54, 1.807) is 30.3 Å². The first kappa shape index (κ1) is 11.1. The van der Waals surface area contributed by atoms with Gasteiger partial charge in [0, 0.05) is 0 Å². The van der Waals surface area contributed by atoms with E-state index in [2.05, 4.69) is 9.24 Å². The summed E-state index contributed by atoms with van der Waals surface area (Å²) >= 11 is 0. The van der Waals surface area contributed by atoms with Crippen molar-refractivity contribution in [2.45, 2.75) is 0 Å².